The second-order valence-electron chi connectivity index (χ2n) is 4.15. The fraction of sp³-hybridized carbons (Fsp3) is 0.462. The number of rotatable bonds is 5. The van der Waals surface area contributed by atoms with Gasteiger partial charge < -0.3 is 9.64 Å². The lowest BCUT2D eigenvalue weighted by Crippen LogP contribution is -2.24. The monoisotopic (exact) mass is 317 g/mol. The van der Waals surface area contributed by atoms with Crippen LogP contribution in [0.5, 0.6) is 0 Å². The van der Waals surface area contributed by atoms with Crippen molar-refractivity contribution in [2.24, 2.45) is 0 Å². The molecule has 1 rings (SSSR count). The van der Waals surface area contributed by atoms with Gasteiger partial charge in [-0.3, -0.25) is 4.79 Å². The van der Waals surface area contributed by atoms with Crippen LogP contribution in [-0.2, 0) is 9.53 Å². The third-order valence-corrected chi connectivity index (χ3v) is 3.33. The number of hydrogen-bond donors (Lipinski definition) is 0. The molecule has 1 aromatic rings. The largest absolute Gasteiger partial charge is 0.466 e. The summed E-state index contributed by atoms with van der Waals surface area (Å²) in [6, 6.07) is 4.25. The Labute approximate surface area is 115 Å². The van der Waals surface area contributed by atoms with Gasteiger partial charge in [-0.1, -0.05) is 15.9 Å². The standard InChI is InChI=1S/C13H17BrFNO2/c1-4-18-13(17)8-12(16(2)3)10-7-9(15)5-6-11(10)14/h5-7,12H,4,8H2,1-3H3. The molecule has 0 aliphatic rings. The molecule has 0 heterocycles. The Morgan fingerprint density at radius 2 is 2.17 bits per heavy atom. The van der Waals surface area contributed by atoms with Crippen LogP contribution in [0.15, 0.2) is 22.7 Å². The summed E-state index contributed by atoms with van der Waals surface area (Å²) in [5.74, 6) is -0.601. The first kappa shape index (κ1) is 15.1. The Hall–Kier alpha value is -0.940. The zero-order chi connectivity index (χ0) is 13.7. The Bertz CT molecular complexity index is 423. The van der Waals surface area contributed by atoms with Gasteiger partial charge in [0.2, 0.25) is 0 Å². The smallest absolute Gasteiger partial charge is 0.307 e. The van der Waals surface area contributed by atoms with Crippen LogP contribution >= 0.6 is 15.9 Å². The molecule has 0 radical (unpaired) electrons. The van der Waals surface area contributed by atoms with Crippen molar-refractivity contribution in [1.29, 1.82) is 0 Å². The number of halogens is 2. The van der Waals surface area contributed by atoms with E-state index in [1.165, 1.54) is 12.1 Å². The molecule has 0 fully saturated rings. The molecule has 0 aliphatic heterocycles. The number of carbonyl (C=O) groups excluding carboxylic acids is 1. The summed E-state index contributed by atoms with van der Waals surface area (Å²) in [7, 11) is 3.70. The number of carbonyl (C=O) groups is 1. The molecule has 0 bridgehead atoms. The fourth-order valence-electron chi connectivity index (χ4n) is 1.72. The Morgan fingerprint density at radius 1 is 1.50 bits per heavy atom. The average Bonchev–Trinajstić information content (AvgIpc) is 2.29. The van der Waals surface area contributed by atoms with E-state index in [-0.39, 0.29) is 24.2 Å². The minimum Gasteiger partial charge on any atom is -0.466 e. The molecule has 0 saturated carbocycles. The summed E-state index contributed by atoms with van der Waals surface area (Å²) < 4.78 is 19.0. The first-order chi connectivity index (χ1) is 8.45. The minimum absolute atomic E-state index is 0.197. The Balaban J connectivity index is 2.97. The Morgan fingerprint density at radius 3 is 2.72 bits per heavy atom. The van der Waals surface area contributed by atoms with Crippen LogP contribution in [0.1, 0.15) is 24.9 Å². The summed E-state index contributed by atoms with van der Waals surface area (Å²) in [6.45, 7) is 2.12. The molecule has 0 amide bonds. The molecule has 0 saturated heterocycles. The molecular weight excluding hydrogens is 301 g/mol. The van der Waals surface area contributed by atoms with Crippen LogP contribution in [0.25, 0.3) is 0 Å². The maximum atomic E-state index is 13.3. The zero-order valence-corrected chi connectivity index (χ0v) is 12.3. The molecule has 0 spiro atoms. The maximum absolute atomic E-state index is 13.3. The Kier molecular flexibility index (Phi) is 5.75. The molecule has 1 aromatic carbocycles. The van der Waals surface area contributed by atoms with Gasteiger partial charge in [0.15, 0.2) is 0 Å². The van der Waals surface area contributed by atoms with Crippen molar-refractivity contribution in [3.8, 4) is 0 Å². The lowest BCUT2D eigenvalue weighted by molar-refractivity contribution is -0.144. The molecule has 1 unspecified atom stereocenters. The summed E-state index contributed by atoms with van der Waals surface area (Å²) >= 11 is 3.38. The van der Waals surface area contributed by atoms with Crippen LogP contribution in [0.3, 0.4) is 0 Å². The van der Waals surface area contributed by atoms with Crippen molar-refractivity contribution < 1.29 is 13.9 Å². The quantitative estimate of drug-likeness (QED) is 0.781. The van der Waals surface area contributed by atoms with Gasteiger partial charge in [0.25, 0.3) is 0 Å². The highest BCUT2D eigenvalue weighted by molar-refractivity contribution is 9.10. The van der Waals surface area contributed by atoms with Gasteiger partial charge in [-0.25, -0.2) is 4.39 Å². The second kappa shape index (κ2) is 6.85. The highest BCUT2D eigenvalue weighted by atomic mass is 79.9. The summed E-state index contributed by atoms with van der Waals surface area (Å²) in [6.07, 6.45) is 0.197. The van der Waals surface area contributed by atoms with Crippen molar-refractivity contribution in [3.05, 3.63) is 34.1 Å². The average molecular weight is 318 g/mol. The van der Waals surface area contributed by atoms with Crippen molar-refractivity contribution >= 4 is 21.9 Å². The second-order valence-corrected chi connectivity index (χ2v) is 5.01. The van der Waals surface area contributed by atoms with E-state index in [0.717, 1.165) is 10.0 Å². The highest BCUT2D eigenvalue weighted by Gasteiger charge is 2.21. The molecule has 0 aliphatic carbocycles. The van der Waals surface area contributed by atoms with E-state index < -0.39 is 0 Å². The summed E-state index contributed by atoms with van der Waals surface area (Å²) in [4.78, 5) is 13.4. The summed E-state index contributed by atoms with van der Waals surface area (Å²) in [5, 5.41) is 0. The van der Waals surface area contributed by atoms with Crippen LogP contribution in [-0.4, -0.2) is 31.6 Å². The van der Waals surface area contributed by atoms with Crippen LogP contribution in [0.2, 0.25) is 0 Å². The van der Waals surface area contributed by atoms with Gasteiger partial charge in [-0.05, 0) is 44.8 Å². The molecule has 1 atom stereocenters. The molecular formula is C13H17BrFNO2. The van der Waals surface area contributed by atoms with Crippen molar-refractivity contribution in [3.63, 3.8) is 0 Å². The fourth-order valence-corrected chi connectivity index (χ4v) is 2.23. The number of ether oxygens (including phenoxy) is 1. The van der Waals surface area contributed by atoms with Gasteiger partial charge in [0.1, 0.15) is 5.82 Å². The van der Waals surface area contributed by atoms with Crippen LogP contribution in [0.4, 0.5) is 4.39 Å². The number of hydrogen-bond acceptors (Lipinski definition) is 3. The van der Waals surface area contributed by atoms with Crippen molar-refractivity contribution in [1.82, 2.24) is 4.90 Å². The molecule has 0 N–H and O–H groups in total. The lowest BCUT2D eigenvalue weighted by atomic mass is 10.0. The third-order valence-electron chi connectivity index (χ3n) is 2.61. The van der Waals surface area contributed by atoms with Gasteiger partial charge in [-0.15, -0.1) is 0 Å². The molecule has 100 valence electrons. The van der Waals surface area contributed by atoms with E-state index in [2.05, 4.69) is 15.9 Å². The highest BCUT2D eigenvalue weighted by Crippen LogP contribution is 2.30. The first-order valence-corrected chi connectivity index (χ1v) is 6.52. The topological polar surface area (TPSA) is 29.5 Å². The SMILES string of the molecule is CCOC(=O)CC(c1cc(F)ccc1Br)N(C)C. The predicted octanol–water partition coefficient (Wildman–Crippen LogP) is 3.14. The van der Waals surface area contributed by atoms with Gasteiger partial charge in [-0.2, -0.15) is 0 Å². The molecule has 18 heavy (non-hydrogen) atoms. The van der Waals surface area contributed by atoms with Crippen molar-refractivity contribution in [2.45, 2.75) is 19.4 Å². The van der Waals surface area contributed by atoms with Crippen molar-refractivity contribution in [2.75, 3.05) is 20.7 Å². The maximum Gasteiger partial charge on any atom is 0.307 e. The number of nitrogens with zero attached hydrogens (tertiary/aromatic N) is 1. The molecule has 5 heteroatoms. The van der Waals surface area contributed by atoms with Gasteiger partial charge in [0, 0.05) is 10.5 Å². The molecule has 0 aromatic heterocycles. The third kappa shape index (κ3) is 4.07. The van der Waals surface area contributed by atoms with E-state index >= 15 is 0 Å². The normalized spacial score (nSPS) is 12.6. The van der Waals surface area contributed by atoms with E-state index in [1.54, 1.807) is 13.0 Å². The minimum atomic E-state index is -0.316. The van der Waals surface area contributed by atoms with Gasteiger partial charge >= 0.3 is 5.97 Å². The van der Waals surface area contributed by atoms with E-state index in [1.807, 2.05) is 19.0 Å². The number of benzene rings is 1. The zero-order valence-electron chi connectivity index (χ0n) is 10.7. The van der Waals surface area contributed by atoms with Crippen LogP contribution < -0.4 is 0 Å². The van der Waals surface area contributed by atoms with Gasteiger partial charge in [0.05, 0.1) is 13.0 Å². The predicted molar refractivity (Wildman–Crippen MR) is 71.8 cm³/mol. The lowest BCUT2D eigenvalue weighted by Gasteiger charge is -2.25. The molecule has 3 nitrogen and oxygen atoms in total. The number of esters is 1. The summed E-state index contributed by atoms with van der Waals surface area (Å²) in [5.41, 5.74) is 0.744. The van der Waals surface area contributed by atoms with E-state index in [4.69, 9.17) is 4.74 Å². The van der Waals surface area contributed by atoms with E-state index in [0.29, 0.717) is 6.61 Å². The first-order valence-electron chi connectivity index (χ1n) is 5.72. The van der Waals surface area contributed by atoms with E-state index in [9.17, 15) is 9.18 Å². The van der Waals surface area contributed by atoms with Crippen LogP contribution in [0, 0.1) is 5.82 Å².